The van der Waals surface area contributed by atoms with Gasteiger partial charge in [0.1, 0.15) is 24.0 Å². The maximum atomic E-state index is 13.8. The van der Waals surface area contributed by atoms with E-state index in [1.54, 1.807) is 4.98 Å². The molecular weight excluding hydrogens is 370 g/mol. The van der Waals surface area contributed by atoms with Gasteiger partial charge in [-0.25, -0.2) is 9.18 Å². The van der Waals surface area contributed by atoms with E-state index >= 15 is 0 Å². The second-order valence-corrected chi connectivity index (χ2v) is 5.56. The molecule has 13 heteroatoms. The lowest BCUT2D eigenvalue weighted by molar-refractivity contribution is -0.143. The lowest BCUT2D eigenvalue weighted by atomic mass is 10.1. The zero-order chi connectivity index (χ0) is 19.4. The van der Waals surface area contributed by atoms with Crippen LogP contribution in [0.5, 0.6) is 0 Å². The van der Waals surface area contributed by atoms with Crippen molar-refractivity contribution in [1.29, 1.82) is 0 Å². The molecule has 0 aliphatic carbocycles. The highest BCUT2D eigenvalue weighted by molar-refractivity contribution is 5.73. The number of rotatable bonds is 2. The summed E-state index contributed by atoms with van der Waals surface area (Å²) < 4.78 is 57.6. The van der Waals surface area contributed by atoms with Gasteiger partial charge in [0.25, 0.3) is 0 Å². The number of fused-ring (bicyclic) bond motifs is 1. The van der Waals surface area contributed by atoms with Gasteiger partial charge in [0.15, 0.2) is 17.7 Å². The Balaban J connectivity index is 2.19. The number of H-pyrrole nitrogens is 1. The van der Waals surface area contributed by atoms with Gasteiger partial charge in [0.2, 0.25) is 5.43 Å². The predicted octanol–water partition coefficient (Wildman–Crippen LogP) is -1.15. The lowest BCUT2D eigenvalue weighted by Gasteiger charge is -2.17. The van der Waals surface area contributed by atoms with Gasteiger partial charge in [-0.05, 0) is 0 Å². The van der Waals surface area contributed by atoms with Crippen LogP contribution in [0.15, 0.2) is 15.8 Å². The van der Waals surface area contributed by atoms with Crippen LogP contribution in [0.1, 0.15) is 11.9 Å². The van der Waals surface area contributed by atoms with E-state index in [0.717, 1.165) is 0 Å². The molecule has 142 valence electrons. The Bertz CT molecular complexity index is 971. The van der Waals surface area contributed by atoms with Crippen molar-refractivity contribution in [3.63, 3.8) is 0 Å². The minimum atomic E-state index is -5.21. The maximum Gasteiger partial charge on any atom is 0.434 e. The number of nitrogens with zero attached hydrogens (tertiary/aromatic N) is 2. The smallest absolute Gasteiger partial charge is 0.394 e. The fourth-order valence-corrected chi connectivity index (χ4v) is 2.62. The third-order valence-corrected chi connectivity index (χ3v) is 3.93. The molecule has 0 spiro atoms. The van der Waals surface area contributed by atoms with Crippen LogP contribution in [0.3, 0.4) is 0 Å². The zero-order valence-electron chi connectivity index (χ0n) is 12.6. The molecule has 3 heterocycles. The number of halogens is 4. The van der Waals surface area contributed by atoms with Crippen LogP contribution in [0, 0.1) is 5.82 Å². The molecule has 0 aromatic carbocycles. The summed E-state index contributed by atoms with van der Waals surface area (Å²) in [5.74, 6) is -2.11. The number of nitrogens with one attached hydrogen (secondary N) is 1. The largest absolute Gasteiger partial charge is 0.434 e. The number of aromatic nitrogens is 3. The number of alkyl halides is 3. The van der Waals surface area contributed by atoms with E-state index < -0.39 is 71.0 Å². The zero-order valence-corrected chi connectivity index (χ0v) is 12.6. The Morgan fingerprint density at radius 3 is 2.46 bits per heavy atom. The van der Waals surface area contributed by atoms with Gasteiger partial charge in [-0.2, -0.15) is 18.2 Å². The summed E-state index contributed by atoms with van der Waals surface area (Å²) >= 11 is 0. The highest BCUT2D eigenvalue weighted by Crippen LogP contribution is 2.30. The number of ether oxygens (including phenoxy) is 1. The van der Waals surface area contributed by atoms with Crippen LogP contribution in [0.4, 0.5) is 17.6 Å². The standard InChI is InChI=1S/C13H11F4N3O6/c14-5-6(22)3-1-20(11-8(24)7(23)4(2-21)26-11)12(25)19-10(3)18-9(5)13(15,16)17/h1,4,7-8,11,21,23-24H,2H2,(H,18,19,25)/t4-,7?,8+,11-/m1/s1. The van der Waals surface area contributed by atoms with Gasteiger partial charge in [0.05, 0.1) is 12.0 Å². The maximum absolute atomic E-state index is 13.8. The molecule has 26 heavy (non-hydrogen) atoms. The fourth-order valence-electron chi connectivity index (χ4n) is 2.62. The Kier molecular flexibility index (Phi) is 4.34. The summed E-state index contributed by atoms with van der Waals surface area (Å²) in [7, 11) is 0. The van der Waals surface area contributed by atoms with E-state index in [1.165, 1.54) is 0 Å². The van der Waals surface area contributed by atoms with Crippen LogP contribution in [-0.4, -0.2) is 54.8 Å². The molecule has 0 amide bonds. The van der Waals surface area contributed by atoms with Gasteiger partial charge in [-0.1, -0.05) is 0 Å². The third kappa shape index (κ3) is 2.78. The van der Waals surface area contributed by atoms with E-state index in [0.29, 0.717) is 10.8 Å². The van der Waals surface area contributed by atoms with Crippen molar-refractivity contribution >= 4 is 11.0 Å². The lowest BCUT2D eigenvalue weighted by Crippen LogP contribution is -2.36. The molecule has 1 aliphatic rings. The van der Waals surface area contributed by atoms with Crippen LogP contribution in [-0.2, 0) is 10.9 Å². The monoisotopic (exact) mass is 381 g/mol. The van der Waals surface area contributed by atoms with Crippen molar-refractivity contribution in [3.05, 3.63) is 38.4 Å². The van der Waals surface area contributed by atoms with Gasteiger partial charge in [-0.3, -0.25) is 9.36 Å². The highest BCUT2D eigenvalue weighted by Gasteiger charge is 2.44. The molecule has 3 rings (SSSR count). The van der Waals surface area contributed by atoms with Gasteiger partial charge in [0, 0.05) is 6.20 Å². The van der Waals surface area contributed by atoms with E-state index in [1.807, 2.05) is 0 Å². The van der Waals surface area contributed by atoms with Gasteiger partial charge < -0.3 is 25.0 Å². The van der Waals surface area contributed by atoms with Crippen molar-refractivity contribution in [2.45, 2.75) is 30.7 Å². The molecule has 1 aliphatic heterocycles. The number of pyridine rings is 1. The Hall–Kier alpha value is -2.35. The molecule has 0 bridgehead atoms. The predicted molar refractivity (Wildman–Crippen MR) is 74.6 cm³/mol. The summed E-state index contributed by atoms with van der Waals surface area (Å²) in [6.07, 6.45) is -10.7. The summed E-state index contributed by atoms with van der Waals surface area (Å²) in [4.78, 5) is 28.8. The summed E-state index contributed by atoms with van der Waals surface area (Å²) in [5, 5.41) is 27.9. The topological polar surface area (TPSA) is 138 Å². The molecule has 2 aromatic rings. The van der Waals surface area contributed by atoms with E-state index in [4.69, 9.17) is 9.84 Å². The average molecular weight is 381 g/mol. The minimum Gasteiger partial charge on any atom is -0.394 e. The Labute approximate surface area is 140 Å². The molecule has 1 unspecified atom stereocenters. The van der Waals surface area contributed by atoms with E-state index in [9.17, 15) is 37.4 Å². The number of aliphatic hydroxyl groups excluding tert-OH is 3. The minimum absolute atomic E-state index is 0.522. The van der Waals surface area contributed by atoms with E-state index in [2.05, 4.69) is 4.98 Å². The van der Waals surface area contributed by atoms with Crippen molar-refractivity contribution in [3.8, 4) is 0 Å². The first-order valence-corrected chi connectivity index (χ1v) is 7.10. The van der Waals surface area contributed by atoms with Crippen molar-refractivity contribution in [2.24, 2.45) is 0 Å². The first-order valence-electron chi connectivity index (χ1n) is 7.10. The molecule has 0 saturated carbocycles. The third-order valence-electron chi connectivity index (χ3n) is 3.93. The van der Waals surface area contributed by atoms with Gasteiger partial charge >= 0.3 is 11.9 Å². The molecular formula is C13H11F4N3O6. The molecule has 2 aromatic heterocycles. The SMILES string of the molecule is O=c1c(F)c(C(F)(F)F)[nH]c2nc(=O)n([C@@H]3O[C@H](CO)C(O)[C@@H]3O)cc12. The fraction of sp³-hybridized carbons (Fsp3) is 0.462. The summed E-state index contributed by atoms with van der Waals surface area (Å²) in [6, 6.07) is 0. The molecule has 1 fully saturated rings. The normalized spacial score (nSPS) is 26.6. The second kappa shape index (κ2) is 6.12. The van der Waals surface area contributed by atoms with E-state index in [-0.39, 0.29) is 0 Å². The number of aromatic amines is 1. The molecule has 4 N–H and O–H groups in total. The molecule has 1 saturated heterocycles. The highest BCUT2D eigenvalue weighted by atomic mass is 19.4. The summed E-state index contributed by atoms with van der Waals surface area (Å²) in [5.41, 5.74) is -5.69. The average Bonchev–Trinajstić information content (AvgIpc) is 2.84. The number of hydrogen-bond donors (Lipinski definition) is 4. The van der Waals surface area contributed by atoms with Crippen LogP contribution < -0.4 is 11.1 Å². The van der Waals surface area contributed by atoms with Crippen LogP contribution in [0.2, 0.25) is 0 Å². The number of hydrogen-bond acceptors (Lipinski definition) is 7. The van der Waals surface area contributed by atoms with Gasteiger partial charge in [-0.15, -0.1) is 0 Å². The Morgan fingerprint density at radius 1 is 1.27 bits per heavy atom. The van der Waals surface area contributed by atoms with Crippen molar-refractivity contribution < 1.29 is 37.6 Å². The van der Waals surface area contributed by atoms with Crippen LogP contribution >= 0.6 is 0 Å². The second-order valence-electron chi connectivity index (χ2n) is 5.56. The molecule has 4 atom stereocenters. The molecule has 0 radical (unpaired) electrons. The summed E-state index contributed by atoms with van der Waals surface area (Å²) in [6.45, 7) is -0.700. The quantitative estimate of drug-likeness (QED) is 0.482. The Morgan fingerprint density at radius 2 is 1.92 bits per heavy atom. The van der Waals surface area contributed by atoms with Crippen LogP contribution in [0.25, 0.3) is 11.0 Å². The first-order chi connectivity index (χ1) is 12.1. The van der Waals surface area contributed by atoms with Crippen molar-refractivity contribution in [1.82, 2.24) is 14.5 Å². The first kappa shape index (κ1) is 18.4. The number of aliphatic hydroxyl groups is 3. The molecule has 9 nitrogen and oxygen atoms in total. The van der Waals surface area contributed by atoms with Crippen molar-refractivity contribution in [2.75, 3.05) is 6.61 Å².